The smallest absolute Gasteiger partial charge is 0.233 e. The summed E-state index contributed by atoms with van der Waals surface area (Å²) in [7, 11) is 0. The van der Waals surface area contributed by atoms with Crippen molar-refractivity contribution in [3.05, 3.63) is 41.5 Å². The highest BCUT2D eigenvalue weighted by Crippen LogP contribution is 2.32. The molecule has 0 saturated carbocycles. The molecule has 0 aliphatic carbocycles. The zero-order chi connectivity index (χ0) is 14.2. The molecule has 5 nitrogen and oxygen atoms in total. The second-order valence-corrected chi connectivity index (χ2v) is 5.55. The fourth-order valence-corrected chi connectivity index (χ4v) is 2.28. The van der Waals surface area contributed by atoms with Gasteiger partial charge in [-0.3, -0.25) is 0 Å². The molecule has 106 valence electrons. The first-order valence-electron chi connectivity index (χ1n) is 6.94. The minimum atomic E-state index is -0.546. The molecule has 0 fully saturated rings. The quantitative estimate of drug-likeness (QED) is 0.929. The minimum absolute atomic E-state index is 0.0961. The molecule has 0 saturated heterocycles. The number of benzene rings is 1. The summed E-state index contributed by atoms with van der Waals surface area (Å²) in [5, 5.41) is 4.02. The van der Waals surface area contributed by atoms with Gasteiger partial charge in [0.15, 0.2) is 5.82 Å². The van der Waals surface area contributed by atoms with Crippen LogP contribution < -0.4 is 10.5 Å². The fourth-order valence-electron chi connectivity index (χ4n) is 2.28. The Bertz CT molecular complexity index is 607. The van der Waals surface area contributed by atoms with Crippen molar-refractivity contribution in [2.24, 2.45) is 5.73 Å². The second-order valence-electron chi connectivity index (χ2n) is 5.55. The summed E-state index contributed by atoms with van der Waals surface area (Å²) >= 11 is 0. The minimum Gasteiger partial charge on any atom is -0.492 e. The molecule has 2 aromatic rings. The first-order chi connectivity index (χ1) is 9.60. The second kappa shape index (κ2) is 4.90. The van der Waals surface area contributed by atoms with Crippen LogP contribution in [0.15, 0.2) is 28.8 Å². The number of fused-ring (bicyclic) bond motifs is 1. The van der Waals surface area contributed by atoms with E-state index in [-0.39, 0.29) is 5.92 Å². The number of nitrogens with zero attached hydrogens (tertiary/aromatic N) is 2. The molecule has 2 heterocycles. The van der Waals surface area contributed by atoms with Gasteiger partial charge in [0.1, 0.15) is 12.4 Å². The van der Waals surface area contributed by atoms with Gasteiger partial charge >= 0.3 is 0 Å². The van der Waals surface area contributed by atoms with Crippen LogP contribution >= 0.6 is 0 Å². The van der Waals surface area contributed by atoms with Crippen LogP contribution in [0.2, 0.25) is 0 Å². The van der Waals surface area contributed by atoms with Crippen LogP contribution in [-0.4, -0.2) is 16.7 Å². The third-order valence-electron chi connectivity index (χ3n) is 3.92. The molecule has 0 spiro atoms. The van der Waals surface area contributed by atoms with Gasteiger partial charge in [0, 0.05) is 0 Å². The van der Waals surface area contributed by atoms with E-state index in [9.17, 15) is 0 Å². The summed E-state index contributed by atoms with van der Waals surface area (Å²) in [5.74, 6) is 2.22. The summed E-state index contributed by atoms with van der Waals surface area (Å²) in [6, 6.07) is 8.04. The van der Waals surface area contributed by atoms with Gasteiger partial charge in [-0.25, -0.2) is 0 Å². The molecule has 0 amide bonds. The Kier molecular flexibility index (Phi) is 3.22. The van der Waals surface area contributed by atoms with Crippen molar-refractivity contribution >= 4 is 0 Å². The predicted molar refractivity (Wildman–Crippen MR) is 74.5 cm³/mol. The van der Waals surface area contributed by atoms with Gasteiger partial charge in [-0.2, -0.15) is 4.98 Å². The average molecular weight is 273 g/mol. The first kappa shape index (κ1) is 13.1. The molecule has 2 atom stereocenters. The van der Waals surface area contributed by atoms with E-state index < -0.39 is 5.54 Å². The lowest BCUT2D eigenvalue weighted by Gasteiger charge is -2.22. The SMILES string of the molecule is CCC(C)(N)c1noc(C2COc3ccccc3C2)n1. The molecule has 1 aliphatic rings. The van der Waals surface area contributed by atoms with Gasteiger partial charge in [0.25, 0.3) is 0 Å². The number of nitrogens with two attached hydrogens (primary N) is 1. The molecule has 5 heteroatoms. The molecular weight excluding hydrogens is 254 g/mol. The van der Waals surface area contributed by atoms with Crippen LogP contribution in [0.25, 0.3) is 0 Å². The highest BCUT2D eigenvalue weighted by atomic mass is 16.5. The van der Waals surface area contributed by atoms with Crippen molar-refractivity contribution in [1.29, 1.82) is 0 Å². The lowest BCUT2D eigenvalue weighted by molar-refractivity contribution is 0.229. The van der Waals surface area contributed by atoms with Gasteiger partial charge in [0.2, 0.25) is 5.89 Å². The van der Waals surface area contributed by atoms with Gasteiger partial charge in [0.05, 0.1) is 11.5 Å². The molecule has 2 unspecified atom stereocenters. The van der Waals surface area contributed by atoms with Crippen LogP contribution in [-0.2, 0) is 12.0 Å². The van der Waals surface area contributed by atoms with Gasteiger partial charge in [-0.15, -0.1) is 0 Å². The number of hydrogen-bond donors (Lipinski definition) is 1. The maximum atomic E-state index is 6.14. The van der Waals surface area contributed by atoms with Crippen molar-refractivity contribution in [3.63, 3.8) is 0 Å². The van der Waals surface area contributed by atoms with Crippen molar-refractivity contribution < 1.29 is 9.26 Å². The molecule has 2 N–H and O–H groups in total. The number of rotatable bonds is 3. The summed E-state index contributed by atoms with van der Waals surface area (Å²) in [6.45, 7) is 4.48. The van der Waals surface area contributed by atoms with Crippen molar-refractivity contribution in [2.45, 2.75) is 38.1 Å². The van der Waals surface area contributed by atoms with Gasteiger partial charge in [-0.1, -0.05) is 30.3 Å². The molecule has 1 aromatic heterocycles. The number of hydrogen-bond acceptors (Lipinski definition) is 5. The molecule has 20 heavy (non-hydrogen) atoms. The zero-order valence-corrected chi connectivity index (χ0v) is 11.8. The van der Waals surface area contributed by atoms with E-state index in [0.29, 0.717) is 18.3 Å². The molecule has 1 aromatic carbocycles. The predicted octanol–water partition coefficient (Wildman–Crippen LogP) is 2.37. The standard InChI is InChI=1S/C15H19N3O2/c1-3-15(2,16)14-17-13(20-18-14)11-8-10-6-4-5-7-12(10)19-9-11/h4-7,11H,3,8-9,16H2,1-2H3. The van der Waals surface area contributed by atoms with E-state index in [2.05, 4.69) is 16.2 Å². The van der Waals surface area contributed by atoms with Crippen LogP contribution in [0, 0.1) is 0 Å². The Labute approximate surface area is 118 Å². The maximum absolute atomic E-state index is 6.14. The number of ether oxygens (including phenoxy) is 1. The van der Waals surface area contributed by atoms with Crippen LogP contribution in [0.1, 0.15) is 43.5 Å². The molecule has 0 radical (unpaired) electrons. The zero-order valence-electron chi connectivity index (χ0n) is 11.8. The Morgan fingerprint density at radius 2 is 2.20 bits per heavy atom. The van der Waals surface area contributed by atoms with E-state index in [1.54, 1.807) is 0 Å². The Morgan fingerprint density at radius 1 is 1.40 bits per heavy atom. The van der Waals surface area contributed by atoms with Crippen molar-refractivity contribution in [3.8, 4) is 5.75 Å². The highest BCUT2D eigenvalue weighted by molar-refractivity contribution is 5.36. The molecule has 3 rings (SSSR count). The van der Waals surface area contributed by atoms with Gasteiger partial charge in [-0.05, 0) is 31.4 Å². The maximum Gasteiger partial charge on any atom is 0.233 e. The van der Waals surface area contributed by atoms with E-state index in [1.807, 2.05) is 32.0 Å². The van der Waals surface area contributed by atoms with E-state index in [4.69, 9.17) is 15.0 Å². The Hall–Kier alpha value is -1.88. The fraction of sp³-hybridized carbons (Fsp3) is 0.467. The van der Waals surface area contributed by atoms with Crippen molar-refractivity contribution in [1.82, 2.24) is 10.1 Å². The third-order valence-corrected chi connectivity index (χ3v) is 3.92. The number of aromatic nitrogens is 2. The third kappa shape index (κ3) is 2.29. The largest absolute Gasteiger partial charge is 0.492 e. The summed E-state index contributed by atoms with van der Waals surface area (Å²) in [6.07, 6.45) is 1.61. The van der Waals surface area contributed by atoms with Crippen LogP contribution in [0.5, 0.6) is 5.75 Å². The lowest BCUT2D eigenvalue weighted by atomic mass is 9.96. The molecule has 1 aliphatic heterocycles. The van der Waals surface area contributed by atoms with Gasteiger partial charge < -0.3 is 15.0 Å². The van der Waals surface area contributed by atoms with E-state index >= 15 is 0 Å². The Morgan fingerprint density at radius 3 is 3.00 bits per heavy atom. The van der Waals surface area contributed by atoms with E-state index in [0.717, 1.165) is 18.6 Å². The summed E-state index contributed by atoms with van der Waals surface area (Å²) in [4.78, 5) is 4.47. The normalized spacial score (nSPS) is 20.9. The monoisotopic (exact) mass is 273 g/mol. The van der Waals surface area contributed by atoms with Crippen LogP contribution in [0.3, 0.4) is 0 Å². The molecular formula is C15H19N3O2. The first-order valence-corrected chi connectivity index (χ1v) is 6.94. The Balaban J connectivity index is 1.82. The topological polar surface area (TPSA) is 74.2 Å². The lowest BCUT2D eigenvalue weighted by Crippen LogP contribution is -2.33. The van der Waals surface area contributed by atoms with Crippen molar-refractivity contribution in [2.75, 3.05) is 6.61 Å². The summed E-state index contributed by atoms with van der Waals surface area (Å²) < 4.78 is 11.1. The van der Waals surface area contributed by atoms with Crippen LogP contribution in [0.4, 0.5) is 0 Å². The average Bonchev–Trinajstić information content (AvgIpc) is 2.97. The summed E-state index contributed by atoms with van der Waals surface area (Å²) in [5.41, 5.74) is 6.77. The van der Waals surface area contributed by atoms with E-state index in [1.165, 1.54) is 5.56 Å². The molecule has 0 bridgehead atoms. The number of para-hydroxylation sites is 1. The highest BCUT2D eigenvalue weighted by Gasteiger charge is 2.30.